The molecule has 5 nitrogen and oxygen atoms in total. The van der Waals surface area contributed by atoms with Crippen LogP contribution in [-0.4, -0.2) is 59.9 Å². The Balaban J connectivity index is 1.21. The summed E-state index contributed by atoms with van der Waals surface area (Å²) in [4.78, 5) is 28.5. The number of nitrogens with zero attached hydrogens (tertiary/aromatic N) is 2. The van der Waals surface area contributed by atoms with Crippen LogP contribution in [-0.2, 0) is 6.18 Å². The Morgan fingerprint density at radius 1 is 0.971 bits per heavy atom. The lowest BCUT2D eigenvalue weighted by molar-refractivity contribution is -0.136. The van der Waals surface area contributed by atoms with Crippen LogP contribution in [0.25, 0.3) is 10.1 Å². The maximum absolute atomic E-state index is 13.8. The van der Waals surface area contributed by atoms with Gasteiger partial charge in [0.1, 0.15) is 4.88 Å². The lowest BCUT2D eigenvalue weighted by Gasteiger charge is -2.41. The smallest absolute Gasteiger partial charge is 0.337 e. The third-order valence-corrected chi connectivity index (χ3v) is 7.64. The van der Waals surface area contributed by atoms with Crippen molar-refractivity contribution in [3.63, 3.8) is 0 Å². The maximum atomic E-state index is 13.8. The highest BCUT2D eigenvalue weighted by atomic mass is 35.5. The van der Waals surface area contributed by atoms with E-state index in [9.17, 15) is 22.8 Å². The van der Waals surface area contributed by atoms with Gasteiger partial charge in [0.2, 0.25) is 0 Å². The van der Waals surface area contributed by atoms with Gasteiger partial charge < -0.3 is 15.1 Å². The highest BCUT2D eigenvalue weighted by molar-refractivity contribution is 7.21. The van der Waals surface area contributed by atoms with Gasteiger partial charge in [-0.05, 0) is 30.7 Å². The summed E-state index contributed by atoms with van der Waals surface area (Å²) in [5, 5.41) is 3.76. The van der Waals surface area contributed by atoms with E-state index < -0.39 is 17.6 Å². The Morgan fingerprint density at radius 2 is 1.68 bits per heavy atom. The summed E-state index contributed by atoms with van der Waals surface area (Å²) in [5.74, 6) is -0.630. The first kappa shape index (κ1) is 23.1. The predicted octanol–water partition coefficient (Wildman–Crippen LogP) is 4.90. The van der Waals surface area contributed by atoms with Gasteiger partial charge in [-0.2, -0.15) is 13.2 Å². The van der Waals surface area contributed by atoms with Crippen LogP contribution in [0, 0.1) is 0 Å². The number of rotatable bonds is 4. The standard InChI is InChI=1S/C24H21ClF3N3O2S/c25-15-6-7-18-19(10-15)34-21(20(18)24(26,27)28)23(33)31-12-17(13-31)29-16-8-9-30(11-16)22(32)14-4-2-1-3-5-14/h1-7,10,16-17,29H,8-9,11-13H2/t16-/m0/s1. The SMILES string of the molecule is O=C(c1ccccc1)N1CC[C@H](NC2CN(C(=O)c3sc4cc(Cl)ccc4c3C(F)(F)F)C2)C1. The van der Waals surface area contributed by atoms with Crippen LogP contribution in [0.5, 0.6) is 0 Å². The molecule has 2 fully saturated rings. The second kappa shape index (κ2) is 8.87. The van der Waals surface area contributed by atoms with Crippen LogP contribution in [0.1, 0.15) is 32.0 Å². The fourth-order valence-electron chi connectivity index (χ4n) is 4.57. The van der Waals surface area contributed by atoms with Crippen LogP contribution in [0.2, 0.25) is 5.02 Å². The molecular weight excluding hydrogens is 487 g/mol. The normalized spacial score (nSPS) is 19.0. The molecule has 5 rings (SSSR count). The van der Waals surface area contributed by atoms with Gasteiger partial charge in [-0.25, -0.2) is 0 Å². The van der Waals surface area contributed by atoms with Crippen molar-refractivity contribution < 1.29 is 22.8 Å². The van der Waals surface area contributed by atoms with Gasteiger partial charge in [0, 0.05) is 58.9 Å². The monoisotopic (exact) mass is 507 g/mol. The quantitative estimate of drug-likeness (QED) is 0.546. The van der Waals surface area contributed by atoms with E-state index in [1.807, 2.05) is 18.2 Å². The number of hydrogen-bond donors (Lipinski definition) is 1. The molecule has 2 saturated heterocycles. The van der Waals surface area contributed by atoms with Crippen LogP contribution >= 0.6 is 22.9 Å². The van der Waals surface area contributed by atoms with E-state index >= 15 is 0 Å². The van der Waals surface area contributed by atoms with E-state index in [0.717, 1.165) is 17.8 Å². The third-order valence-electron chi connectivity index (χ3n) is 6.27. The largest absolute Gasteiger partial charge is 0.418 e. The summed E-state index contributed by atoms with van der Waals surface area (Å²) in [6.45, 7) is 1.86. The van der Waals surface area contributed by atoms with Gasteiger partial charge >= 0.3 is 6.18 Å². The van der Waals surface area contributed by atoms with Crippen LogP contribution < -0.4 is 5.32 Å². The second-order valence-electron chi connectivity index (χ2n) is 8.62. The molecule has 0 saturated carbocycles. The van der Waals surface area contributed by atoms with Gasteiger partial charge in [-0.3, -0.25) is 9.59 Å². The number of benzene rings is 2. The van der Waals surface area contributed by atoms with Crippen molar-refractivity contribution in [1.29, 1.82) is 0 Å². The molecule has 10 heteroatoms. The molecule has 1 aromatic heterocycles. The number of hydrogen-bond acceptors (Lipinski definition) is 4. The summed E-state index contributed by atoms with van der Waals surface area (Å²) in [6, 6.07) is 13.3. The lowest BCUT2D eigenvalue weighted by atomic mass is 10.0. The minimum Gasteiger partial charge on any atom is -0.337 e. The summed E-state index contributed by atoms with van der Waals surface area (Å²) in [6.07, 6.45) is -3.85. The van der Waals surface area contributed by atoms with Gasteiger partial charge in [0.15, 0.2) is 0 Å². The molecule has 0 radical (unpaired) electrons. The lowest BCUT2D eigenvalue weighted by Crippen LogP contribution is -2.62. The molecular formula is C24H21ClF3N3O2S. The van der Waals surface area contributed by atoms with Gasteiger partial charge in [-0.15, -0.1) is 11.3 Å². The van der Waals surface area contributed by atoms with E-state index in [-0.39, 0.29) is 28.3 Å². The second-order valence-corrected chi connectivity index (χ2v) is 10.1. The molecule has 3 aromatic rings. The molecule has 2 aliphatic rings. The summed E-state index contributed by atoms with van der Waals surface area (Å²) in [7, 11) is 0. The molecule has 0 spiro atoms. The fraction of sp³-hybridized carbons (Fsp3) is 0.333. The van der Waals surface area contributed by atoms with Crippen LogP contribution in [0.4, 0.5) is 13.2 Å². The Kier molecular flexibility index (Phi) is 6.03. The molecule has 0 aliphatic carbocycles. The predicted molar refractivity (Wildman–Crippen MR) is 125 cm³/mol. The maximum Gasteiger partial charge on any atom is 0.418 e. The zero-order valence-electron chi connectivity index (χ0n) is 17.9. The molecule has 0 unspecified atom stereocenters. The molecule has 1 atom stereocenters. The van der Waals surface area contributed by atoms with Crippen molar-refractivity contribution in [2.75, 3.05) is 26.2 Å². The number of thiophene rings is 1. The average Bonchev–Trinajstić information content (AvgIpc) is 3.39. The molecule has 3 heterocycles. The van der Waals surface area contributed by atoms with Crippen molar-refractivity contribution in [2.45, 2.75) is 24.7 Å². The zero-order valence-corrected chi connectivity index (χ0v) is 19.5. The summed E-state index contributed by atoms with van der Waals surface area (Å²) < 4.78 is 41.7. The molecule has 2 amide bonds. The molecule has 34 heavy (non-hydrogen) atoms. The van der Waals surface area contributed by atoms with Gasteiger partial charge in [0.25, 0.3) is 11.8 Å². The minimum atomic E-state index is -4.64. The third kappa shape index (κ3) is 4.39. The van der Waals surface area contributed by atoms with Gasteiger partial charge in [-0.1, -0.05) is 35.9 Å². The zero-order chi connectivity index (χ0) is 24.0. The Bertz CT molecular complexity index is 1240. The first-order chi connectivity index (χ1) is 16.2. The molecule has 2 aromatic carbocycles. The number of fused-ring (bicyclic) bond motifs is 1. The molecule has 0 bridgehead atoms. The highest BCUT2D eigenvalue weighted by Gasteiger charge is 2.42. The summed E-state index contributed by atoms with van der Waals surface area (Å²) >= 11 is 6.76. The first-order valence-corrected chi connectivity index (χ1v) is 12.1. The van der Waals surface area contributed by atoms with E-state index in [4.69, 9.17) is 11.6 Å². The van der Waals surface area contributed by atoms with E-state index in [2.05, 4.69) is 5.32 Å². The number of carbonyl (C=O) groups excluding carboxylic acids is 2. The van der Waals surface area contributed by atoms with E-state index in [1.165, 1.54) is 23.1 Å². The van der Waals surface area contributed by atoms with E-state index in [1.54, 1.807) is 17.0 Å². The molecule has 2 aliphatic heterocycles. The van der Waals surface area contributed by atoms with Crippen molar-refractivity contribution >= 4 is 44.8 Å². The summed E-state index contributed by atoms with van der Waals surface area (Å²) in [5.41, 5.74) is -0.245. The van der Waals surface area contributed by atoms with Crippen molar-refractivity contribution in [3.8, 4) is 0 Å². The number of alkyl halides is 3. The van der Waals surface area contributed by atoms with Gasteiger partial charge in [0.05, 0.1) is 5.56 Å². The fourth-order valence-corrected chi connectivity index (χ4v) is 6.04. The van der Waals surface area contributed by atoms with E-state index in [0.29, 0.717) is 41.5 Å². The highest BCUT2D eigenvalue weighted by Crippen LogP contribution is 2.43. The Labute approximate surface area is 203 Å². The first-order valence-electron chi connectivity index (χ1n) is 10.9. The van der Waals surface area contributed by atoms with Crippen LogP contribution in [0.3, 0.4) is 0 Å². The van der Waals surface area contributed by atoms with Crippen molar-refractivity contribution in [2.24, 2.45) is 0 Å². The number of carbonyl (C=O) groups is 2. The average molecular weight is 508 g/mol. The van der Waals surface area contributed by atoms with Crippen molar-refractivity contribution in [1.82, 2.24) is 15.1 Å². The number of nitrogens with one attached hydrogen (secondary N) is 1. The molecule has 178 valence electrons. The number of amides is 2. The molecule has 1 N–H and O–H groups in total. The topological polar surface area (TPSA) is 52.7 Å². The van der Waals surface area contributed by atoms with Crippen LogP contribution in [0.15, 0.2) is 48.5 Å². The number of likely N-dealkylation sites (tertiary alicyclic amines) is 2. The number of halogens is 4. The minimum absolute atomic E-state index is 0.00502. The Morgan fingerprint density at radius 3 is 2.38 bits per heavy atom. The van der Waals surface area contributed by atoms with Crippen molar-refractivity contribution in [3.05, 3.63) is 69.6 Å². The Hall–Kier alpha value is -2.62.